The Balaban J connectivity index is 1.78. The van der Waals surface area contributed by atoms with Crippen molar-refractivity contribution in [2.75, 3.05) is 13.1 Å². The van der Waals surface area contributed by atoms with Gasteiger partial charge in [-0.05, 0) is 56.2 Å². The van der Waals surface area contributed by atoms with Gasteiger partial charge >= 0.3 is 0 Å². The van der Waals surface area contributed by atoms with E-state index in [0.717, 1.165) is 30.0 Å². The van der Waals surface area contributed by atoms with Gasteiger partial charge in [0.25, 0.3) is 0 Å². The molecule has 0 radical (unpaired) electrons. The van der Waals surface area contributed by atoms with Gasteiger partial charge in [-0.25, -0.2) is 0 Å². The summed E-state index contributed by atoms with van der Waals surface area (Å²) in [5, 5.41) is 4.64. The summed E-state index contributed by atoms with van der Waals surface area (Å²) in [6, 6.07) is 0.644. The molecule has 1 heterocycles. The maximum Gasteiger partial charge on any atom is 0.169 e. The fourth-order valence-electron chi connectivity index (χ4n) is 3.50. The summed E-state index contributed by atoms with van der Waals surface area (Å²) in [5.74, 6) is 1.71. The molecule has 110 valence electrons. The fraction of sp³-hybridized carbons (Fsp3) is 0.938. The monoisotopic (exact) mass is 282 g/mol. The van der Waals surface area contributed by atoms with Gasteiger partial charge in [0.05, 0.1) is 0 Å². The molecule has 0 bridgehead atoms. The molecule has 1 N–H and O–H groups in total. The molecule has 0 spiro atoms. The Morgan fingerprint density at radius 3 is 2.42 bits per heavy atom. The zero-order valence-electron chi connectivity index (χ0n) is 12.7. The summed E-state index contributed by atoms with van der Waals surface area (Å²) in [4.78, 5) is 2.42. The SMILES string of the molecule is CC(C)C1CCCN(C(=S)NC2CCCCC2)CC1. The van der Waals surface area contributed by atoms with Crippen molar-refractivity contribution in [2.24, 2.45) is 11.8 Å². The van der Waals surface area contributed by atoms with Crippen molar-refractivity contribution in [1.29, 1.82) is 0 Å². The molecule has 2 fully saturated rings. The summed E-state index contributed by atoms with van der Waals surface area (Å²) >= 11 is 5.63. The van der Waals surface area contributed by atoms with E-state index in [9.17, 15) is 0 Å². The Labute approximate surface area is 124 Å². The molecule has 2 rings (SSSR count). The molecule has 1 atom stereocenters. The Kier molecular flexibility index (Phi) is 5.93. The van der Waals surface area contributed by atoms with Crippen LogP contribution in [-0.2, 0) is 0 Å². The molecule has 1 unspecified atom stereocenters. The summed E-state index contributed by atoms with van der Waals surface area (Å²) in [6.07, 6.45) is 10.8. The van der Waals surface area contributed by atoms with Gasteiger partial charge in [-0.3, -0.25) is 0 Å². The van der Waals surface area contributed by atoms with Crippen LogP contribution in [0, 0.1) is 11.8 Å². The maximum absolute atomic E-state index is 5.63. The van der Waals surface area contributed by atoms with Crippen molar-refractivity contribution >= 4 is 17.3 Å². The lowest BCUT2D eigenvalue weighted by Crippen LogP contribution is -2.45. The van der Waals surface area contributed by atoms with E-state index in [1.54, 1.807) is 0 Å². The van der Waals surface area contributed by atoms with Crippen LogP contribution in [0.1, 0.15) is 65.2 Å². The first-order chi connectivity index (χ1) is 9.16. The van der Waals surface area contributed by atoms with Crippen molar-refractivity contribution in [1.82, 2.24) is 10.2 Å². The third kappa shape index (κ3) is 4.62. The predicted molar refractivity (Wildman–Crippen MR) is 86.4 cm³/mol. The number of hydrogen-bond acceptors (Lipinski definition) is 1. The molecule has 1 saturated carbocycles. The molecule has 1 aliphatic heterocycles. The van der Waals surface area contributed by atoms with Crippen LogP contribution in [0.15, 0.2) is 0 Å². The summed E-state index contributed by atoms with van der Waals surface area (Å²) < 4.78 is 0. The Morgan fingerprint density at radius 2 is 1.74 bits per heavy atom. The van der Waals surface area contributed by atoms with Gasteiger partial charge in [0.1, 0.15) is 0 Å². The first kappa shape index (κ1) is 15.1. The molecule has 0 amide bonds. The number of likely N-dealkylation sites (tertiary alicyclic amines) is 1. The molecule has 2 aliphatic rings. The highest BCUT2D eigenvalue weighted by Crippen LogP contribution is 2.25. The Bertz CT molecular complexity index is 284. The van der Waals surface area contributed by atoms with Crippen LogP contribution in [0.4, 0.5) is 0 Å². The smallest absolute Gasteiger partial charge is 0.169 e. The van der Waals surface area contributed by atoms with E-state index in [1.165, 1.54) is 51.4 Å². The van der Waals surface area contributed by atoms with Gasteiger partial charge in [-0.2, -0.15) is 0 Å². The zero-order valence-corrected chi connectivity index (χ0v) is 13.5. The molecular weight excluding hydrogens is 252 g/mol. The molecule has 1 saturated heterocycles. The van der Waals surface area contributed by atoms with Crippen LogP contribution >= 0.6 is 12.2 Å². The van der Waals surface area contributed by atoms with Crippen LogP contribution in [0.25, 0.3) is 0 Å². The lowest BCUT2D eigenvalue weighted by atomic mass is 9.89. The Hall–Kier alpha value is -0.310. The highest BCUT2D eigenvalue weighted by molar-refractivity contribution is 7.80. The Morgan fingerprint density at radius 1 is 1.00 bits per heavy atom. The van der Waals surface area contributed by atoms with E-state index < -0.39 is 0 Å². The molecular formula is C16H30N2S. The summed E-state index contributed by atoms with van der Waals surface area (Å²) in [5.41, 5.74) is 0. The molecule has 3 heteroatoms. The minimum Gasteiger partial charge on any atom is -0.360 e. The van der Waals surface area contributed by atoms with Crippen molar-refractivity contribution < 1.29 is 0 Å². The minimum atomic E-state index is 0.644. The fourth-order valence-corrected chi connectivity index (χ4v) is 3.85. The second-order valence-corrected chi connectivity index (χ2v) is 7.09. The van der Waals surface area contributed by atoms with Gasteiger partial charge in [-0.1, -0.05) is 33.1 Å². The standard InChI is InChI=1S/C16H30N2S/c1-13(2)14-7-6-11-18(12-10-14)16(19)17-15-8-4-3-5-9-15/h13-15H,3-12H2,1-2H3,(H,17,19). The predicted octanol–water partition coefficient (Wildman–Crippen LogP) is 3.95. The third-order valence-electron chi connectivity index (χ3n) is 4.94. The van der Waals surface area contributed by atoms with Crippen molar-refractivity contribution in [3.8, 4) is 0 Å². The molecule has 0 aromatic rings. The second-order valence-electron chi connectivity index (χ2n) is 6.71. The van der Waals surface area contributed by atoms with Gasteiger partial charge in [-0.15, -0.1) is 0 Å². The van der Waals surface area contributed by atoms with Crippen molar-refractivity contribution in [2.45, 2.75) is 71.3 Å². The van der Waals surface area contributed by atoms with Gasteiger partial charge in [0, 0.05) is 19.1 Å². The average Bonchev–Trinajstić information content (AvgIpc) is 2.65. The maximum atomic E-state index is 5.63. The van der Waals surface area contributed by atoms with E-state index in [0.29, 0.717) is 6.04 Å². The molecule has 0 aromatic carbocycles. The number of nitrogens with one attached hydrogen (secondary N) is 1. The molecule has 2 nitrogen and oxygen atoms in total. The van der Waals surface area contributed by atoms with Crippen LogP contribution in [0.5, 0.6) is 0 Å². The second kappa shape index (κ2) is 7.47. The number of rotatable bonds is 2. The van der Waals surface area contributed by atoms with Gasteiger partial charge < -0.3 is 10.2 Å². The average molecular weight is 282 g/mol. The first-order valence-electron chi connectivity index (χ1n) is 8.22. The molecule has 0 aromatic heterocycles. The van der Waals surface area contributed by atoms with E-state index in [2.05, 4.69) is 24.1 Å². The summed E-state index contributed by atoms with van der Waals surface area (Å²) in [6.45, 7) is 7.03. The normalized spacial score (nSPS) is 26.3. The van der Waals surface area contributed by atoms with E-state index in [4.69, 9.17) is 12.2 Å². The third-order valence-corrected chi connectivity index (χ3v) is 5.31. The van der Waals surface area contributed by atoms with Crippen molar-refractivity contribution in [3.05, 3.63) is 0 Å². The lowest BCUT2D eigenvalue weighted by molar-refractivity contribution is 0.335. The number of hydrogen-bond donors (Lipinski definition) is 1. The topological polar surface area (TPSA) is 15.3 Å². The zero-order chi connectivity index (χ0) is 13.7. The van der Waals surface area contributed by atoms with Gasteiger partial charge in [0.2, 0.25) is 0 Å². The van der Waals surface area contributed by atoms with Crippen molar-refractivity contribution in [3.63, 3.8) is 0 Å². The highest BCUT2D eigenvalue weighted by atomic mass is 32.1. The van der Waals surface area contributed by atoms with Crippen LogP contribution < -0.4 is 5.32 Å². The minimum absolute atomic E-state index is 0.644. The molecule has 19 heavy (non-hydrogen) atoms. The van der Waals surface area contributed by atoms with Crippen LogP contribution in [-0.4, -0.2) is 29.1 Å². The quantitative estimate of drug-likeness (QED) is 0.772. The highest BCUT2D eigenvalue weighted by Gasteiger charge is 2.22. The van der Waals surface area contributed by atoms with E-state index >= 15 is 0 Å². The first-order valence-corrected chi connectivity index (χ1v) is 8.63. The van der Waals surface area contributed by atoms with Gasteiger partial charge in [0.15, 0.2) is 5.11 Å². The number of nitrogens with zero attached hydrogens (tertiary/aromatic N) is 1. The van der Waals surface area contributed by atoms with Crippen LogP contribution in [0.3, 0.4) is 0 Å². The largest absolute Gasteiger partial charge is 0.360 e. The van der Waals surface area contributed by atoms with E-state index in [1.807, 2.05) is 0 Å². The van der Waals surface area contributed by atoms with Crippen LogP contribution in [0.2, 0.25) is 0 Å². The lowest BCUT2D eigenvalue weighted by Gasteiger charge is -2.30. The summed E-state index contributed by atoms with van der Waals surface area (Å²) in [7, 11) is 0. The number of thiocarbonyl (C=S) groups is 1. The molecule has 1 aliphatic carbocycles. The van der Waals surface area contributed by atoms with E-state index in [-0.39, 0.29) is 0 Å².